The second-order valence-electron chi connectivity index (χ2n) is 5.86. The Morgan fingerprint density at radius 3 is 2.75 bits per heavy atom. The van der Waals surface area contributed by atoms with Crippen molar-refractivity contribution in [1.29, 1.82) is 0 Å². The van der Waals surface area contributed by atoms with E-state index >= 15 is 0 Å². The van der Waals surface area contributed by atoms with Gasteiger partial charge in [0.15, 0.2) is 0 Å². The molecule has 0 bridgehead atoms. The van der Waals surface area contributed by atoms with Gasteiger partial charge in [-0.25, -0.2) is 0 Å². The highest BCUT2D eigenvalue weighted by Crippen LogP contribution is 2.35. The lowest BCUT2D eigenvalue weighted by Crippen LogP contribution is -2.40. The molecule has 0 amide bonds. The third kappa shape index (κ3) is 2.84. The third-order valence-electron chi connectivity index (χ3n) is 4.52. The van der Waals surface area contributed by atoms with Crippen molar-refractivity contribution in [3.05, 3.63) is 29.3 Å². The molecule has 3 nitrogen and oxygen atoms in total. The van der Waals surface area contributed by atoms with Gasteiger partial charge in [0, 0.05) is 18.7 Å². The van der Waals surface area contributed by atoms with Gasteiger partial charge < -0.3 is 10.1 Å². The lowest BCUT2D eigenvalue weighted by Gasteiger charge is -2.36. The highest BCUT2D eigenvalue weighted by molar-refractivity contribution is 5.44. The van der Waals surface area contributed by atoms with Crippen molar-refractivity contribution in [3.63, 3.8) is 0 Å². The van der Waals surface area contributed by atoms with Crippen molar-refractivity contribution in [3.8, 4) is 5.75 Å². The van der Waals surface area contributed by atoms with Crippen molar-refractivity contribution in [2.75, 3.05) is 26.2 Å². The van der Waals surface area contributed by atoms with E-state index in [4.69, 9.17) is 4.74 Å². The fraction of sp³-hybridized carbons (Fsp3) is 0.647. The predicted octanol–water partition coefficient (Wildman–Crippen LogP) is 3.11. The SMILES string of the molecule is CCOc1cccc2c1[C@@H](N1CCCCCC1)CNC2. The number of hydrogen-bond donors (Lipinski definition) is 1. The molecule has 0 radical (unpaired) electrons. The molecule has 3 heteroatoms. The molecule has 0 saturated carbocycles. The van der Waals surface area contributed by atoms with Crippen LogP contribution >= 0.6 is 0 Å². The molecule has 1 N–H and O–H groups in total. The van der Waals surface area contributed by atoms with Crippen LogP contribution in [0.4, 0.5) is 0 Å². The van der Waals surface area contributed by atoms with Crippen molar-refractivity contribution < 1.29 is 4.74 Å². The van der Waals surface area contributed by atoms with Crippen LogP contribution in [0.2, 0.25) is 0 Å². The zero-order valence-electron chi connectivity index (χ0n) is 12.5. The Balaban J connectivity index is 1.90. The Morgan fingerprint density at radius 2 is 2.00 bits per heavy atom. The molecule has 1 atom stereocenters. The molecule has 2 heterocycles. The van der Waals surface area contributed by atoms with Gasteiger partial charge in [0.25, 0.3) is 0 Å². The summed E-state index contributed by atoms with van der Waals surface area (Å²) in [6, 6.07) is 6.99. The third-order valence-corrected chi connectivity index (χ3v) is 4.52. The van der Waals surface area contributed by atoms with Gasteiger partial charge in [-0.1, -0.05) is 25.0 Å². The Hall–Kier alpha value is -1.06. The highest BCUT2D eigenvalue weighted by atomic mass is 16.5. The molecule has 0 unspecified atom stereocenters. The number of fused-ring (bicyclic) bond motifs is 1. The summed E-state index contributed by atoms with van der Waals surface area (Å²) >= 11 is 0. The molecule has 3 rings (SSSR count). The van der Waals surface area contributed by atoms with E-state index in [0.29, 0.717) is 6.04 Å². The van der Waals surface area contributed by atoms with Gasteiger partial charge in [-0.3, -0.25) is 4.90 Å². The maximum atomic E-state index is 5.90. The van der Waals surface area contributed by atoms with Crippen LogP contribution in [0.1, 0.15) is 49.8 Å². The van der Waals surface area contributed by atoms with Gasteiger partial charge >= 0.3 is 0 Å². The molecule has 0 aromatic heterocycles. The Labute approximate surface area is 122 Å². The zero-order chi connectivity index (χ0) is 13.8. The minimum Gasteiger partial charge on any atom is -0.494 e. The van der Waals surface area contributed by atoms with E-state index < -0.39 is 0 Å². The van der Waals surface area contributed by atoms with Crippen LogP contribution in [-0.2, 0) is 6.54 Å². The van der Waals surface area contributed by atoms with Crippen molar-refractivity contribution >= 4 is 0 Å². The van der Waals surface area contributed by atoms with E-state index in [1.165, 1.54) is 49.9 Å². The first-order chi connectivity index (χ1) is 9.90. The standard InChI is InChI=1S/C17H26N2O/c1-2-20-16-9-7-8-14-12-18-13-15(17(14)16)19-10-5-3-4-6-11-19/h7-9,15,18H,2-6,10-13H2,1H3/t15-/m0/s1. The minimum absolute atomic E-state index is 0.486. The number of nitrogens with one attached hydrogen (secondary N) is 1. The van der Waals surface area contributed by atoms with E-state index in [-0.39, 0.29) is 0 Å². The van der Waals surface area contributed by atoms with Crippen LogP contribution in [0, 0.1) is 0 Å². The van der Waals surface area contributed by atoms with Crippen LogP contribution in [0.5, 0.6) is 5.75 Å². The summed E-state index contributed by atoms with van der Waals surface area (Å²) < 4.78 is 5.90. The van der Waals surface area contributed by atoms with Crippen molar-refractivity contribution in [2.45, 2.75) is 45.2 Å². The molecule has 1 aromatic rings. The monoisotopic (exact) mass is 274 g/mol. The summed E-state index contributed by atoms with van der Waals surface area (Å²) in [4.78, 5) is 2.67. The molecule has 20 heavy (non-hydrogen) atoms. The van der Waals surface area contributed by atoms with E-state index in [2.05, 4.69) is 35.3 Å². The second kappa shape index (κ2) is 6.59. The average Bonchev–Trinajstić information content (AvgIpc) is 2.76. The largest absolute Gasteiger partial charge is 0.494 e. The average molecular weight is 274 g/mol. The van der Waals surface area contributed by atoms with Crippen LogP contribution < -0.4 is 10.1 Å². The van der Waals surface area contributed by atoms with Gasteiger partial charge in [0.05, 0.1) is 12.6 Å². The van der Waals surface area contributed by atoms with Gasteiger partial charge in [-0.05, 0) is 44.5 Å². The molecule has 2 aliphatic rings. The van der Waals surface area contributed by atoms with Gasteiger partial charge in [0.2, 0.25) is 0 Å². The van der Waals surface area contributed by atoms with E-state index in [0.717, 1.165) is 25.4 Å². The number of ether oxygens (including phenoxy) is 1. The molecular formula is C17H26N2O. The van der Waals surface area contributed by atoms with Crippen molar-refractivity contribution in [2.24, 2.45) is 0 Å². The molecule has 1 saturated heterocycles. The second-order valence-corrected chi connectivity index (χ2v) is 5.86. The molecule has 0 spiro atoms. The Bertz CT molecular complexity index is 439. The molecule has 1 aromatic carbocycles. The van der Waals surface area contributed by atoms with Crippen LogP contribution in [0.15, 0.2) is 18.2 Å². The van der Waals surface area contributed by atoms with Gasteiger partial charge in [-0.2, -0.15) is 0 Å². The lowest BCUT2D eigenvalue weighted by atomic mass is 9.94. The summed E-state index contributed by atoms with van der Waals surface area (Å²) in [6.07, 6.45) is 5.44. The molecule has 2 aliphatic heterocycles. The fourth-order valence-corrected chi connectivity index (χ4v) is 3.57. The summed E-state index contributed by atoms with van der Waals surface area (Å²) in [5.74, 6) is 1.10. The number of rotatable bonds is 3. The lowest BCUT2D eigenvalue weighted by molar-refractivity contribution is 0.186. The first-order valence-corrected chi connectivity index (χ1v) is 8.09. The molecule has 1 fully saturated rings. The summed E-state index contributed by atoms with van der Waals surface area (Å²) in [5, 5.41) is 3.58. The predicted molar refractivity (Wildman–Crippen MR) is 82.1 cm³/mol. The number of nitrogens with zero attached hydrogens (tertiary/aromatic N) is 1. The van der Waals surface area contributed by atoms with Gasteiger partial charge in [0.1, 0.15) is 5.75 Å². The van der Waals surface area contributed by atoms with E-state index in [9.17, 15) is 0 Å². The van der Waals surface area contributed by atoms with E-state index in [1.807, 2.05) is 0 Å². The quantitative estimate of drug-likeness (QED) is 0.916. The Morgan fingerprint density at radius 1 is 1.20 bits per heavy atom. The first-order valence-electron chi connectivity index (χ1n) is 8.09. The highest BCUT2D eigenvalue weighted by Gasteiger charge is 2.29. The topological polar surface area (TPSA) is 24.5 Å². The minimum atomic E-state index is 0.486. The molecule has 0 aliphatic carbocycles. The summed E-state index contributed by atoms with van der Waals surface area (Å²) in [7, 11) is 0. The fourth-order valence-electron chi connectivity index (χ4n) is 3.57. The number of benzene rings is 1. The maximum Gasteiger partial charge on any atom is 0.124 e. The Kier molecular flexibility index (Phi) is 4.58. The normalized spacial score (nSPS) is 23.9. The van der Waals surface area contributed by atoms with Gasteiger partial charge in [-0.15, -0.1) is 0 Å². The number of likely N-dealkylation sites (tertiary alicyclic amines) is 1. The maximum absolute atomic E-state index is 5.90. The summed E-state index contributed by atoms with van der Waals surface area (Å²) in [6.45, 7) is 7.30. The molecule has 110 valence electrons. The zero-order valence-corrected chi connectivity index (χ0v) is 12.5. The smallest absolute Gasteiger partial charge is 0.124 e. The van der Waals surface area contributed by atoms with Crippen molar-refractivity contribution in [1.82, 2.24) is 10.2 Å². The first kappa shape index (κ1) is 13.9. The van der Waals surface area contributed by atoms with Crippen LogP contribution in [-0.4, -0.2) is 31.1 Å². The molecular weight excluding hydrogens is 248 g/mol. The van der Waals surface area contributed by atoms with Crippen LogP contribution in [0.25, 0.3) is 0 Å². The van der Waals surface area contributed by atoms with Crippen LogP contribution in [0.3, 0.4) is 0 Å². The summed E-state index contributed by atoms with van der Waals surface area (Å²) in [5.41, 5.74) is 2.85. The number of hydrogen-bond acceptors (Lipinski definition) is 3. The van der Waals surface area contributed by atoms with E-state index in [1.54, 1.807) is 0 Å².